The lowest BCUT2D eigenvalue weighted by Gasteiger charge is -2.21. The van der Waals surface area contributed by atoms with E-state index in [1.54, 1.807) is 31.6 Å². The average Bonchev–Trinajstić information content (AvgIpc) is 3.02. The number of aromatic hydroxyl groups is 1. The molecule has 0 bridgehead atoms. The third-order valence-corrected chi connectivity index (χ3v) is 3.96. The molecule has 24 heavy (non-hydrogen) atoms. The Labute approximate surface area is 141 Å². The van der Waals surface area contributed by atoms with Crippen LogP contribution in [0.3, 0.4) is 0 Å². The molecule has 1 heterocycles. The van der Waals surface area contributed by atoms with Gasteiger partial charge < -0.3 is 9.84 Å². The van der Waals surface area contributed by atoms with Crippen molar-refractivity contribution in [2.75, 3.05) is 7.11 Å². The molecule has 0 saturated heterocycles. The second-order valence-electron chi connectivity index (χ2n) is 6.71. The van der Waals surface area contributed by atoms with Crippen LogP contribution < -0.4 is 4.74 Å². The van der Waals surface area contributed by atoms with Gasteiger partial charge in [-0.15, -0.1) is 10.2 Å². The summed E-state index contributed by atoms with van der Waals surface area (Å²) in [5, 5.41) is 18.1. The van der Waals surface area contributed by atoms with Gasteiger partial charge in [-0.3, -0.25) is 4.57 Å². The molecule has 124 valence electrons. The van der Waals surface area contributed by atoms with Crippen molar-refractivity contribution in [1.82, 2.24) is 14.8 Å². The predicted molar refractivity (Wildman–Crippen MR) is 93.7 cm³/mol. The van der Waals surface area contributed by atoms with Gasteiger partial charge in [-0.1, -0.05) is 32.9 Å². The summed E-state index contributed by atoms with van der Waals surface area (Å²) < 4.78 is 7.36. The van der Waals surface area contributed by atoms with Gasteiger partial charge in [0.05, 0.1) is 18.4 Å². The first kappa shape index (κ1) is 16.1. The second-order valence-corrected chi connectivity index (χ2v) is 6.71. The summed E-state index contributed by atoms with van der Waals surface area (Å²) in [5.74, 6) is 1.60. The van der Waals surface area contributed by atoms with E-state index in [9.17, 15) is 5.11 Å². The predicted octanol–water partition coefficient (Wildman–Crippen LogP) is 3.95. The molecule has 3 aromatic rings. The van der Waals surface area contributed by atoms with Crippen molar-refractivity contribution in [3.8, 4) is 28.6 Å². The van der Waals surface area contributed by atoms with E-state index < -0.39 is 0 Å². The molecular formula is C19H21N3O2. The van der Waals surface area contributed by atoms with Crippen LogP contribution in [0.15, 0.2) is 48.8 Å². The average molecular weight is 323 g/mol. The van der Waals surface area contributed by atoms with Crippen LogP contribution in [-0.2, 0) is 5.41 Å². The molecule has 1 N–H and O–H groups in total. The van der Waals surface area contributed by atoms with Crippen molar-refractivity contribution in [3.63, 3.8) is 0 Å². The fourth-order valence-corrected chi connectivity index (χ4v) is 2.60. The van der Waals surface area contributed by atoms with Crippen molar-refractivity contribution < 1.29 is 9.84 Å². The summed E-state index contributed by atoms with van der Waals surface area (Å²) in [4.78, 5) is 0. The summed E-state index contributed by atoms with van der Waals surface area (Å²) in [6.45, 7) is 6.50. The number of aromatic nitrogens is 3. The Morgan fingerprint density at radius 2 is 1.88 bits per heavy atom. The van der Waals surface area contributed by atoms with Gasteiger partial charge in [0.1, 0.15) is 17.8 Å². The van der Waals surface area contributed by atoms with E-state index in [0.29, 0.717) is 5.82 Å². The molecule has 1 aromatic heterocycles. The third-order valence-electron chi connectivity index (χ3n) is 3.96. The van der Waals surface area contributed by atoms with E-state index in [4.69, 9.17) is 4.74 Å². The highest BCUT2D eigenvalue weighted by molar-refractivity contribution is 5.67. The standard InChI is InChI=1S/C19H21N3O2/c1-19(2,3)13-8-9-17(24-4)16(10-13)18-21-20-12-22(18)14-6-5-7-15(23)11-14/h5-12,23H,1-4H3. The maximum Gasteiger partial charge on any atom is 0.172 e. The zero-order valence-electron chi connectivity index (χ0n) is 14.3. The van der Waals surface area contributed by atoms with Gasteiger partial charge in [0.25, 0.3) is 0 Å². The van der Waals surface area contributed by atoms with Crippen molar-refractivity contribution >= 4 is 0 Å². The van der Waals surface area contributed by atoms with E-state index in [1.807, 2.05) is 16.7 Å². The SMILES string of the molecule is COc1ccc(C(C)(C)C)cc1-c1nncn1-c1cccc(O)c1. The molecule has 0 aliphatic carbocycles. The molecule has 5 nitrogen and oxygen atoms in total. The number of nitrogens with zero attached hydrogens (tertiary/aromatic N) is 3. The highest BCUT2D eigenvalue weighted by atomic mass is 16.5. The monoisotopic (exact) mass is 323 g/mol. The van der Waals surface area contributed by atoms with E-state index in [2.05, 4.69) is 43.1 Å². The number of methoxy groups -OCH3 is 1. The first-order valence-electron chi connectivity index (χ1n) is 7.78. The minimum atomic E-state index is 0.0108. The normalized spacial score (nSPS) is 11.5. The molecule has 0 radical (unpaired) electrons. The van der Waals surface area contributed by atoms with Gasteiger partial charge in [0, 0.05) is 6.07 Å². The molecule has 0 amide bonds. The van der Waals surface area contributed by atoms with Crippen LogP contribution in [0.2, 0.25) is 0 Å². The number of ether oxygens (including phenoxy) is 1. The smallest absolute Gasteiger partial charge is 0.172 e. The largest absolute Gasteiger partial charge is 0.508 e. The topological polar surface area (TPSA) is 60.2 Å². The molecule has 0 unspecified atom stereocenters. The molecular weight excluding hydrogens is 302 g/mol. The summed E-state index contributed by atoms with van der Waals surface area (Å²) in [6.07, 6.45) is 1.63. The van der Waals surface area contributed by atoms with Gasteiger partial charge in [-0.05, 0) is 35.2 Å². The van der Waals surface area contributed by atoms with Gasteiger partial charge in [0.2, 0.25) is 0 Å². The number of hydrogen-bond acceptors (Lipinski definition) is 4. The van der Waals surface area contributed by atoms with Crippen LogP contribution >= 0.6 is 0 Å². The van der Waals surface area contributed by atoms with Crippen molar-refractivity contribution in [2.45, 2.75) is 26.2 Å². The number of benzene rings is 2. The van der Waals surface area contributed by atoms with Gasteiger partial charge in [-0.25, -0.2) is 0 Å². The van der Waals surface area contributed by atoms with Gasteiger partial charge >= 0.3 is 0 Å². The van der Waals surface area contributed by atoms with Crippen LogP contribution in [0, 0.1) is 0 Å². The molecule has 0 spiro atoms. The fraction of sp³-hybridized carbons (Fsp3) is 0.263. The summed E-state index contributed by atoms with van der Waals surface area (Å²) in [6, 6.07) is 13.1. The molecule has 3 rings (SSSR count). The minimum absolute atomic E-state index is 0.0108. The molecule has 0 fully saturated rings. The van der Waals surface area contributed by atoms with Crippen LogP contribution in [-0.4, -0.2) is 27.0 Å². The van der Waals surface area contributed by atoms with E-state index in [-0.39, 0.29) is 11.2 Å². The highest BCUT2D eigenvalue weighted by Crippen LogP contribution is 2.34. The molecule has 0 saturated carbocycles. The molecule has 0 atom stereocenters. The van der Waals surface area contributed by atoms with Crippen molar-refractivity contribution in [3.05, 3.63) is 54.4 Å². The molecule has 5 heteroatoms. The lowest BCUT2D eigenvalue weighted by atomic mass is 9.86. The molecule has 0 aliphatic rings. The summed E-state index contributed by atoms with van der Waals surface area (Å²) in [7, 11) is 1.64. The van der Waals surface area contributed by atoms with Gasteiger partial charge in [0.15, 0.2) is 5.82 Å². The summed E-state index contributed by atoms with van der Waals surface area (Å²) in [5.41, 5.74) is 2.85. The highest BCUT2D eigenvalue weighted by Gasteiger charge is 2.19. The first-order valence-corrected chi connectivity index (χ1v) is 7.78. The van der Waals surface area contributed by atoms with E-state index in [0.717, 1.165) is 17.0 Å². The quantitative estimate of drug-likeness (QED) is 0.793. The Bertz CT molecular complexity index is 863. The van der Waals surface area contributed by atoms with Crippen LogP contribution in [0.5, 0.6) is 11.5 Å². The first-order chi connectivity index (χ1) is 11.4. The lowest BCUT2D eigenvalue weighted by Crippen LogP contribution is -2.11. The van der Waals surface area contributed by atoms with Crippen molar-refractivity contribution in [2.24, 2.45) is 0 Å². The number of phenolic OH excluding ortho intramolecular Hbond substituents is 1. The Morgan fingerprint density at radius 1 is 1.08 bits per heavy atom. The van der Waals surface area contributed by atoms with Crippen LogP contribution in [0.1, 0.15) is 26.3 Å². The van der Waals surface area contributed by atoms with Gasteiger partial charge in [-0.2, -0.15) is 0 Å². The molecule has 2 aromatic carbocycles. The zero-order chi connectivity index (χ0) is 17.3. The Hall–Kier alpha value is -2.82. The number of hydrogen-bond donors (Lipinski definition) is 1. The van der Waals surface area contributed by atoms with E-state index in [1.165, 1.54) is 5.56 Å². The Kier molecular flexibility index (Phi) is 4.01. The Morgan fingerprint density at radius 3 is 2.54 bits per heavy atom. The van der Waals surface area contributed by atoms with Crippen LogP contribution in [0.4, 0.5) is 0 Å². The number of rotatable bonds is 3. The summed E-state index contributed by atoms with van der Waals surface area (Å²) >= 11 is 0. The third kappa shape index (κ3) is 2.97. The zero-order valence-corrected chi connectivity index (χ0v) is 14.3. The fourth-order valence-electron chi connectivity index (χ4n) is 2.60. The minimum Gasteiger partial charge on any atom is -0.508 e. The van der Waals surface area contributed by atoms with Crippen molar-refractivity contribution in [1.29, 1.82) is 0 Å². The van der Waals surface area contributed by atoms with Crippen LogP contribution in [0.25, 0.3) is 17.1 Å². The molecule has 0 aliphatic heterocycles. The Balaban J connectivity index is 2.18. The lowest BCUT2D eigenvalue weighted by molar-refractivity contribution is 0.415. The number of phenols is 1. The second kappa shape index (κ2) is 6.00. The maximum absolute atomic E-state index is 9.75. The van der Waals surface area contributed by atoms with E-state index >= 15 is 0 Å². The maximum atomic E-state index is 9.75.